The first-order valence-electron chi connectivity index (χ1n) is 6.59. The monoisotopic (exact) mass is 288 g/mol. The van der Waals surface area contributed by atoms with Gasteiger partial charge in [0, 0.05) is 23.1 Å². The summed E-state index contributed by atoms with van der Waals surface area (Å²) >= 11 is 0. The molecule has 0 spiro atoms. The van der Waals surface area contributed by atoms with Gasteiger partial charge in [-0.3, -0.25) is 0 Å². The van der Waals surface area contributed by atoms with Crippen LogP contribution in [0.3, 0.4) is 0 Å². The normalized spacial score (nSPS) is 10.4. The molecule has 0 fully saturated rings. The van der Waals surface area contributed by atoms with Crippen LogP contribution in [0.15, 0.2) is 45.6 Å². The van der Waals surface area contributed by atoms with Gasteiger partial charge >= 0.3 is 11.6 Å². The second-order valence-corrected chi connectivity index (χ2v) is 4.61. The van der Waals surface area contributed by atoms with Crippen molar-refractivity contribution < 1.29 is 18.7 Å². The van der Waals surface area contributed by atoms with E-state index in [-0.39, 0.29) is 11.3 Å². The van der Waals surface area contributed by atoms with E-state index in [1.54, 1.807) is 25.1 Å². The summed E-state index contributed by atoms with van der Waals surface area (Å²) < 4.78 is 15.9. The summed E-state index contributed by atoms with van der Waals surface area (Å²) in [5.41, 5.74) is 0.218. The Kier molecular flexibility index (Phi) is 4.42. The molecule has 0 aliphatic carbocycles. The van der Waals surface area contributed by atoms with Crippen LogP contribution in [-0.4, -0.2) is 12.6 Å². The van der Waals surface area contributed by atoms with E-state index in [2.05, 4.69) is 6.58 Å². The highest BCUT2D eigenvalue weighted by Gasteiger charge is 2.14. The Hall–Kier alpha value is -2.56. The van der Waals surface area contributed by atoms with E-state index in [4.69, 9.17) is 13.9 Å². The van der Waals surface area contributed by atoms with Crippen LogP contribution in [0.1, 0.15) is 20.3 Å². The molecule has 2 aromatic rings. The van der Waals surface area contributed by atoms with Crippen LogP contribution in [0.5, 0.6) is 11.5 Å². The van der Waals surface area contributed by atoms with Crippen molar-refractivity contribution in [2.45, 2.75) is 20.3 Å². The standard InChI is InChI=1S/C16H16O5/c1-4-7-19-13-9-12-11(5-6-15(17)20-12)8-14(13)21-16(18)10(2)3/h5-6,8-9H,2,4,7H2,1,3H3. The zero-order valence-electron chi connectivity index (χ0n) is 12.0. The summed E-state index contributed by atoms with van der Waals surface area (Å²) in [7, 11) is 0. The lowest BCUT2D eigenvalue weighted by atomic mass is 10.2. The fraction of sp³-hybridized carbons (Fsp3) is 0.250. The molecule has 1 aromatic heterocycles. The fourth-order valence-electron chi connectivity index (χ4n) is 1.67. The molecule has 5 heteroatoms. The molecule has 0 aliphatic heterocycles. The van der Waals surface area contributed by atoms with Crippen molar-refractivity contribution in [2.75, 3.05) is 6.61 Å². The third-order valence-electron chi connectivity index (χ3n) is 2.70. The van der Waals surface area contributed by atoms with E-state index >= 15 is 0 Å². The quantitative estimate of drug-likeness (QED) is 0.366. The van der Waals surface area contributed by atoms with Crippen molar-refractivity contribution in [1.29, 1.82) is 0 Å². The molecule has 21 heavy (non-hydrogen) atoms. The first-order valence-corrected chi connectivity index (χ1v) is 6.59. The SMILES string of the molecule is C=C(C)C(=O)Oc1cc2ccc(=O)oc2cc1OCCC. The Morgan fingerprint density at radius 1 is 1.29 bits per heavy atom. The van der Waals surface area contributed by atoms with Crippen LogP contribution in [0.25, 0.3) is 11.0 Å². The molecule has 2 rings (SSSR count). The van der Waals surface area contributed by atoms with Crippen LogP contribution in [0, 0.1) is 0 Å². The molecule has 0 amide bonds. The summed E-state index contributed by atoms with van der Waals surface area (Å²) in [4.78, 5) is 22.9. The maximum atomic E-state index is 11.7. The van der Waals surface area contributed by atoms with Gasteiger partial charge in [0.05, 0.1) is 6.61 Å². The van der Waals surface area contributed by atoms with Gasteiger partial charge < -0.3 is 13.9 Å². The van der Waals surface area contributed by atoms with Crippen LogP contribution in [0.4, 0.5) is 0 Å². The average Bonchev–Trinajstić information content (AvgIpc) is 2.45. The van der Waals surface area contributed by atoms with Crippen molar-refractivity contribution in [1.82, 2.24) is 0 Å². The first kappa shape index (κ1) is 14.8. The average molecular weight is 288 g/mol. The Labute approximate surface area is 121 Å². The molecule has 0 aliphatic rings. The third kappa shape index (κ3) is 3.51. The number of esters is 1. The summed E-state index contributed by atoms with van der Waals surface area (Å²) in [5.74, 6) is 0.0965. The van der Waals surface area contributed by atoms with Gasteiger partial charge in [-0.1, -0.05) is 13.5 Å². The van der Waals surface area contributed by atoms with Crippen molar-refractivity contribution in [3.8, 4) is 11.5 Å². The van der Waals surface area contributed by atoms with Gasteiger partial charge in [-0.2, -0.15) is 0 Å². The highest BCUT2D eigenvalue weighted by atomic mass is 16.6. The summed E-state index contributed by atoms with van der Waals surface area (Å²) in [5, 5.41) is 0.642. The molecule has 0 unspecified atom stereocenters. The Morgan fingerprint density at radius 3 is 2.71 bits per heavy atom. The predicted octanol–water partition coefficient (Wildman–Crippen LogP) is 3.06. The number of carbonyl (C=O) groups excluding carboxylic acids is 1. The van der Waals surface area contributed by atoms with Crippen LogP contribution in [0.2, 0.25) is 0 Å². The molecule has 0 N–H and O–H groups in total. The zero-order chi connectivity index (χ0) is 15.4. The number of ether oxygens (including phenoxy) is 2. The fourth-order valence-corrected chi connectivity index (χ4v) is 1.67. The number of carbonyl (C=O) groups is 1. The van der Waals surface area contributed by atoms with Crippen molar-refractivity contribution in [2.24, 2.45) is 0 Å². The minimum Gasteiger partial charge on any atom is -0.490 e. The molecule has 5 nitrogen and oxygen atoms in total. The molecule has 0 atom stereocenters. The first-order chi connectivity index (χ1) is 10.0. The van der Waals surface area contributed by atoms with Gasteiger partial charge in [-0.25, -0.2) is 9.59 Å². The number of rotatable bonds is 5. The van der Waals surface area contributed by atoms with Gasteiger partial charge in [-0.15, -0.1) is 0 Å². The molecular weight excluding hydrogens is 272 g/mol. The number of hydrogen-bond donors (Lipinski definition) is 0. The summed E-state index contributed by atoms with van der Waals surface area (Å²) in [6, 6.07) is 6.06. The van der Waals surface area contributed by atoms with E-state index in [1.807, 2.05) is 6.92 Å². The van der Waals surface area contributed by atoms with Crippen molar-refractivity contribution in [3.05, 3.63) is 46.8 Å². The molecule has 0 radical (unpaired) electrons. The second-order valence-electron chi connectivity index (χ2n) is 4.61. The molecule has 0 saturated carbocycles. The van der Waals surface area contributed by atoms with E-state index in [9.17, 15) is 9.59 Å². The minimum absolute atomic E-state index is 0.276. The minimum atomic E-state index is -0.534. The highest BCUT2D eigenvalue weighted by molar-refractivity contribution is 5.90. The molecule has 110 valence electrons. The Morgan fingerprint density at radius 2 is 2.05 bits per heavy atom. The van der Waals surface area contributed by atoms with E-state index in [0.717, 1.165) is 6.42 Å². The second kappa shape index (κ2) is 6.26. The lowest BCUT2D eigenvalue weighted by molar-refractivity contribution is -0.130. The maximum Gasteiger partial charge on any atom is 0.338 e. The molecule has 1 heterocycles. The van der Waals surface area contributed by atoms with Crippen molar-refractivity contribution in [3.63, 3.8) is 0 Å². The molecule has 0 bridgehead atoms. The maximum absolute atomic E-state index is 11.7. The Bertz CT molecular complexity index is 742. The number of hydrogen-bond acceptors (Lipinski definition) is 5. The predicted molar refractivity (Wildman–Crippen MR) is 78.7 cm³/mol. The van der Waals surface area contributed by atoms with E-state index in [0.29, 0.717) is 23.3 Å². The van der Waals surface area contributed by atoms with Crippen molar-refractivity contribution >= 4 is 16.9 Å². The van der Waals surface area contributed by atoms with Gasteiger partial charge in [0.2, 0.25) is 0 Å². The van der Waals surface area contributed by atoms with E-state index in [1.165, 1.54) is 6.07 Å². The van der Waals surface area contributed by atoms with Crippen LogP contribution < -0.4 is 15.1 Å². The lowest BCUT2D eigenvalue weighted by Crippen LogP contribution is -2.10. The molecular formula is C16H16O5. The van der Waals surface area contributed by atoms with Gasteiger partial charge in [0.1, 0.15) is 5.58 Å². The van der Waals surface area contributed by atoms with Gasteiger partial charge in [-0.05, 0) is 25.5 Å². The Balaban J connectivity index is 2.48. The lowest BCUT2D eigenvalue weighted by Gasteiger charge is -2.12. The topological polar surface area (TPSA) is 65.7 Å². The molecule has 0 saturated heterocycles. The third-order valence-corrected chi connectivity index (χ3v) is 2.70. The zero-order valence-corrected chi connectivity index (χ0v) is 12.0. The summed E-state index contributed by atoms with van der Waals surface area (Å²) in [6.07, 6.45) is 0.796. The van der Waals surface area contributed by atoms with Gasteiger partial charge in [0.15, 0.2) is 11.5 Å². The largest absolute Gasteiger partial charge is 0.490 e. The number of benzene rings is 1. The summed E-state index contributed by atoms with van der Waals surface area (Å²) in [6.45, 7) is 7.52. The van der Waals surface area contributed by atoms with Crippen LogP contribution >= 0.6 is 0 Å². The smallest absolute Gasteiger partial charge is 0.338 e. The van der Waals surface area contributed by atoms with Gasteiger partial charge in [0.25, 0.3) is 0 Å². The molecule has 1 aromatic carbocycles. The number of fused-ring (bicyclic) bond motifs is 1. The van der Waals surface area contributed by atoms with E-state index < -0.39 is 11.6 Å². The highest BCUT2D eigenvalue weighted by Crippen LogP contribution is 2.32. The van der Waals surface area contributed by atoms with Crippen LogP contribution in [-0.2, 0) is 4.79 Å².